The predicted octanol–water partition coefficient (Wildman–Crippen LogP) is 22.6. The minimum Gasteiger partial charge on any atom is -0.462 e. The molecule has 0 spiro atoms. The molecule has 0 aromatic carbocycles. The third-order valence-electron chi connectivity index (χ3n) is 14.0. The molecule has 0 aliphatic rings. The Morgan fingerprint density at radius 3 is 0.808 bits per heavy atom. The van der Waals surface area contributed by atoms with Gasteiger partial charge in [0.25, 0.3) is 0 Å². The van der Waals surface area contributed by atoms with Crippen LogP contribution in [0.3, 0.4) is 0 Å². The molecule has 0 bridgehead atoms. The normalized spacial score (nSPS) is 12.8. The Labute approximate surface area is 482 Å². The maximum atomic E-state index is 12.9. The van der Waals surface area contributed by atoms with Crippen LogP contribution in [0.1, 0.15) is 310 Å². The second-order valence-electron chi connectivity index (χ2n) is 21.6. The average molecular weight is 1080 g/mol. The third-order valence-corrected chi connectivity index (χ3v) is 14.0. The number of ether oxygens (including phenoxy) is 3. The standard InChI is InChI=1S/C72H122O6/c1-4-7-10-13-16-19-22-25-27-28-29-30-31-32-33-34-35-36-37-38-39-40-41-42-43-44-45-48-50-53-56-59-62-65-71(74)77-68-69(67-76-70(73)64-61-58-55-52-49-46-24-21-18-15-12-9-6-3)78-72(75)66-63-60-57-54-51-47-26-23-20-17-14-11-8-5-2/h7,10,16,19,21,24-25,27,29-30,32-33,35-36,38-39,41-42,69H,4-6,8-9,11-15,17-18,20,22-23,26,28,31,34,37,40,43-68H2,1-3H3/b10-7-,19-16-,24-21-,27-25-,30-29-,33-32-,36-35-,39-38-,42-41-. The Hall–Kier alpha value is -3.93. The van der Waals surface area contributed by atoms with Crippen LogP contribution < -0.4 is 0 Å². The SMILES string of the molecule is CC/C=C\C/C=C\C/C=C\C/C=C\C/C=C\C/C=C\C/C=C\C/C=C\CCCCCCCCCCC(=O)OCC(COC(=O)CCCCCCC/C=C\CCCCCC)OC(=O)CCCCCCCCCCCCCCCC. The van der Waals surface area contributed by atoms with Gasteiger partial charge >= 0.3 is 17.9 Å². The van der Waals surface area contributed by atoms with E-state index in [-0.39, 0.29) is 31.1 Å². The minimum atomic E-state index is -0.784. The lowest BCUT2D eigenvalue weighted by atomic mass is 10.0. The molecule has 0 aromatic rings. The highest BCUT2D eigenvalue weighted by Crippen LogP contribution is 2.16. The molecule has 0 saturated carbocycles. The van der Waals surface area contributed by atoms with Crippen molar-refractivity contribution in [1.82, 2.24) is 0 Å². The Bertz CT molecular complexity index is 1570. The number of carbonyl (C=O) groups excluding carboxylic acids is 3. The van der Waals surface area contributed by atoms with Crippen molar-refractivity contribution in [2.75, 3.05) is 13.2 Å². The number of esters is 3. The van der Waals surface area contributed by atoms with Gasteiger partial charge in [-0.05, 0) is 109 Å². The second kappa shape index (κ2) is 65.6. The summed E-state index contributed by atoms with van der Waals surface area (Å²) in [6.45, 7) is 6.52. The number of carbonyl (C=O) groups is 3. The van der Waals surface area contributed by atoms with Gasteiger partial charge in [0.15, 0.2) is 6.10 Å². The van der Waals surface area contributed by atoms with Gasteiger partial charge in [-0.3, -0.25) is 14.4 Å². The van der Waals surface area contributed by atoms with E-state index in [0.29, 0.717) is 19.3 Å². The van der Waals surface area contributed by atoms with Crippen molar-refractivity contribution >= 4 is 17.9 Å². The Morgan fingerprint density at radius 1 is 0.269 bits per heavy atom. The molecule has 0 saturated heterocycles. The number of hydrogen-bond donors (Lipinski definition) is 0. The lowest BCUT2D eigenvalue weighted by Gasteiger charge is -2.18. The first-order valence-corrected chi connectivity index (χ1v) is 32.9. The van der Waals surface area contributed by atoms with Gasteiger partial charge in [-0.15, -0.1) is 0 Å². The maximum absolute atomic E-state index is 12.9. The molecule has 0 rings (SSSR count). The fraction of sp³-hybridized carbons (Fsp3) is 0.708. The molecule has 0 radical (unpaired) electrons. The molecule has 1 unspecified atom stereocenters. The first kappa shape index (κ1) is 74.1. The summed E-state index contributed by atoms with van der Waals surface area (Å²) < 4.78 is 16.9. The summed E-state index contributed by atoms with van der Waals surface area (Å²) in [4.78, 5) is 38.3. The fourth-order valence-corrected chi connectivity index (χ4v) is 9.10. The summed E-state index contributed by atoms with van der Waals surface area (Å²) in [5, 5.41) is 0. The van der Waals surface area contributed by atoms with Crippen molar-refractivity contribution in [3.8, 4) is 0 Å². The topological polar surface area (TPSA) is 78.9 Å². The van der Waals surface area contributed by atoms with Crippen LogP contribution in [0.2, 0.25) is 0 Å². The highest BCUT2D eigenvalue weighted by molar-refractivity contribution is 5.71. The second-order valence-corrected chi connectivity index (χ2v) is 21.6. The first-order chi connectivity index (χ1) is 38.5. The molecule has 78 heavy (non-hydrogen) atoms. The summed E-state index contributed by atoms with van der Waals surface area (Å²) in [6.07, 6.45) is 89.5. The van der Waals surface area contributed by atoms with Gasteiger partial charge in [0.1, 0.15) is 13.2 Å². The Morgan fingerprint density at radius 2 is 0.500 bits per heavy atom. The molecular weight excluding hydrogens is 961 g/mol. The summed E-state index contributed by atoms with van der Waals surface area (Å²) in [6, 6.07) is 0. The molecule has 0 aliphatic heterocycles. The van der Waals surface area contributed by atoms with Crippen molar-refractivity contribution in [3.05, 3.63) is 109 Å². The quantitative estimate of drug-likeness (QED) is 0.0261. The highest BCUT2D eigenvalue weighted by atomic mass is 16.6. The molecular formula is C72H122O6. The van der Waals surface area contributed by atoms with Gasteiger partial charge < -0.3 is 14.2 Å². The van der Waals surface area contributed by atoms with Crippen LogP contribution in [0.25, 0.3) is 0 Å². The van der Waals surface area contributed by atoms with E-state index in [9.17, 15) is 14.4 Å². The van der Waals surface area contributed by atoms with Crippen LogP contribution in [0.5, 0.6) is 0 Å². The largest absolute Gasteiger partial charge is 0.462 e. The zero-order chi connectivity index (χ0) is 56.4. The van der Waals surface area contributed by atoms with Gasteiger partial charge in [-0.2, -0.15) is 0 Å². The smallest absolute Gasteiger partial charge is 0.306 e. The van der Waals surface area contributed by atoms with E-state index < -0.39 is 6.10 Å². The minimum absolute atomic E-state index is 0.0820. The van der Waals surface area contributed by atoms with Gasteiger partial charge in [0.05, 0.1) is 0 Å². The summed E-state index contributed by atoms with van der Waals surface area (Å²) in [7, 11) is 0. The first-order valence-electron chi connectivity index (χ1n) is 32.9. The van der Waals surface area contributed by atoms with Gasteiger partial charge in [-0.1, -0.05) is 291 Å². The van der Waals surface area contributed by atoms with E-state index in [2.05, 4.69) is 130 Å². The van der Waals surface area contributed by atoms with E-state index in [0.717, 1.165) is 122 Å². The van der Waals surface area contributed by atoms with Crippen molar-refractivity contribution in [3.63, 3.8) is 0 Å². The average Bonchev–Trinajstić information content (AvgIpc) is 3.44. The zero-order valence-corrected chi connectivity index (χ0v) is 51.2. The summed E-state index contributed by atoms with van der Waals surface area (Å²) in [5.41, 5.74) is 0. The van der Waals surface area contributed by atoms with E-state index in [1.165, 1.54) is 148 Å². The van der Waals surface area contributed by atoms with Crippen LogP contribution >= 0.6 is 0 Å². The molecule has 0 N–H and O–H groups in total. The van der Waals surface area contributed by atoms with Crippen LogP contribution in [0.4, 0.5) is 0 Å². The van der Waals surface area contributed by atoms with E-state index in [1.807, 2.05) is 0 Å². The number of unbranched alkanes of at least 4 members (excludes halogenated alkanes) is 30. The molecule has 6 nitrogen and oxygen atoms in total. The van der Waals surface area contributed by atoms with Crippen LogP contribution in [-0.2, 0) is 28.6 Å². The molecule has 446 valence electrons. The molecule has 0 heterocycles. The molecule has 0 aliphatic carbocycles. The molecule has 1 atom stereocenters. The van der Waals surface area contributed by atoms with Gasteiger partial charge in [-0.25, -0.2) is 0 Å². The molecule has 0 aromatic heterocycles. The van der Waals surface area contributed by atoms with Crippen LogP contribution in [-0.4, -0.2) is 37.2 Å². The van der Waals surface area contributed by atoms with E-state index >= 15 is 0 Å². The highest BCUT2D eigenvalue weighted by Gasteiger charge is 2.19. The van der Waals surface area contributed by atoms with Crippen molar-refractivity contribution < 1.29 is 28.6 Å². The fourth-order valence-electron chi connectivity index (χ4n) is 9.10. The Balaban J connectivity index is 4.24. The van der Waals surface area contributed by atoms with Crippen molar-refractivity contribution in [2.45, 2.75) is 316 Å². The number of hydrogen-bond acceptors (Lipinski definition) is 6. The lowest BCUT2D eigenvalue weighted by molar-refractivity contribution is -0.167. The number of allylic oxidation sites excluding steroid dienone is 18. The Kier molecular flexibility index (Phi) is 62.3. The maximum Gasteiger partial charge on any atom is 0.306 e. The summed E-state index contributed by atoms with van der Waals surface area (Å²) in [5.74, 6) is -0.889. The molecule has 0 amide bonds. The third kappa shape index (κ3) is 62.9. The van der Waals surface area contributed by atoms with Crippen LogP contribution in [0, 0.1) is 0 Å². The lowest BCUT2D eigenvalue weighted by Crippen LogP contribution is -2.30. The van der Waals surface area contributed by atoms with E-state index in [4.69, 9.17) is 14.2 Å². The molecule has 0 fully saturated rings. The van der Waals surface area contributed by atoms with Crippen molar-refractivity contribution in [1.29, 1.82) is 0 Å². The van der Waals surface area contributed by atoms with Gasteiger partial charge in [0, 0.05) is 19.3 Å². The van der Waals surface area contributed by atoms with Crippen LogP contribution in [0.15, 0.2) is 109 Å². The number of rotatable bonds is 59. The summed E-state index contributed by atoms with van der Waals surface area (Å²) >= 11 is 0. The monoisotopic (exact) mass is 1080 g/mol. The zero-order valence-electron chi connectivity index (χ0n) is 51.2. The van der Waals surface area contributed by atoms with Gasteiger partial charge in [0.2, 0.25) is 0 Å². The molecule has 6 heteroatoms. The van der Waals surface area contributed by atoms with E-state index in [1.54, 1.807) is 0 Å². The van der Waals surface area contributed by atoms with Crippen molar-refractivity contribution in [2.24, 2.45) is 0 Å². The predicted molar refractivity (Wildman–Crippen MR) is 339 cm³/mol.